The highest BCUT2D eigenvalue weighted by molar-refractivity contribution is 5.95. The van der Waals surface area contributed by atoms with E-state index in [1.807, 2.05) is 97.1 Å². The molecule has 0 aromatic heterocycles. The Balaban J connectivity index is 1.68. The number of nitrogens with two attached hydrogens (primary N) is 1. The van der Waals surface area contributed by atoms with E-state index in [0.717, 1.165) is 22.3 Å². The molecule has 0 saturated carbocycles. The van der Waals surface area contributed by atoms with Gasteiger partial charge < -0.3 is 5.73 Å². The number of hydrogen-bond donors (Lipinski definition) is 1. The van der Waals surface area contributed by atoms with E-state index < -0.39 is 6.04 Å². The highest BCUT2D eigenvalue weighted by atomic mass is 16.1. The van der Waals surface area contributed by atoms with Gasteiger partial charge >= 0.3 is 0 Å². The molecule has 2 N–H and O–H groups in total. The summed E-state index contributed by atoms with van der Waals surface area (Å²) in [6.07, 6.45) is 2.17. The number of rotatable bonds is 10. The molecule has 0 heterocycles. The van der Waals surface area contributed by atoms with Crippen LogP contribution in [0.3, 0.4) is 0 Å². The van der Waals surface area contributed by atoms with Crippen molar-refractivity contribution in [1.29, 1.82) is 0 Å². The van der Waals surface area contributed by atoms with Crippen LogP contribution in [-0.2, 0) is 24.3 Å². The number of allylic oxidation sites excluding steroid dienone is 1. The fraction of sp³-hybridized carbons (Fsp3) is 0.129. The van der Waals surface area contributed by atoms with Gasteiger partial charge in [0.2, 0.25) is 0 Å². The van der Waals surface area contributed by atoms with Crippen LogP contribution in [0.2, 0.25) is 0 Å². The number of ketones is 1. The third-order valence-electron chi connectivity index (χ3n) is 5.79. The molecule has 1 atom stereocenters. The lowest BCUT2D eigenvalue weighted by atomic mass is 9.97. The van der Waals surface area contributed by atoms with E-state index in [1.165, 1.54) is 0 Å². The second-order valence-electron chi connectivity index (χ2n) is 8.47. The first-order valence-corrected chi connectivity index (χ1v) is 11.6. The van der Waals surface area contributed by atoms with Gasteiger partial charge in [0, 0.05) is 31.3 Å². The summed E-state index contributed by atoms with van der Waals surface area (Å²) in [4.78, 5) is 16.0. The van der Waals surface area contributed by atoms with E-state index >= 15 is 0 Å². The number of carbonyl (C=O) groups is 1. The van der Waals surface area contributed by atoms with Crippen molar-refractivity contribution < 1.29 is 4.79 Å². The second kappa shape index (κ2) is 11.8. The normalized spacial score (nSPS) is 12.4. The van der Waals surface area contributed by atoms with Crippen molar-refractivity contribution in [2.45, 2.75) is 25.6 Å². The first-order valence-electron chi connectivity index (χ1n) is 11.6. The van der Waals surface area contributed by atoms with Gasteiger partial charge in [0.1, 0.15) is 0 Å². The minimum Gasteiger partial charge on any atom is -0.402 e. The van der Waals surface area contributed by atoms with E-state index in [9.17, 15) is 4.79 Å². The number of carbonyl (C=O) groups excluding carboxylic acids is 1. The zero-order chi connectivity index (χ0) is 23.6. The molecule has 0 radical (unpaired) electrons. The molecule has 0 amide bonds. The van der Waals surface area contributed by atoms with Gasteiger partial charge in [-0.2, -0.15) is 0 Å². The number of benzene rings is 4. The average Bonchev–Trinajstić information content (AvgIpc) is 2.86. The van der Waals surface area contributed by atoms with Gasteiger partial charge in [-0.15, -0.1) is 0 Å². The Kier molecular flexibility index (Phi) is 8.04. The van der Waals surface area contributed by atoms with Gasteiger partial charge in [-0.3, -0.25) is 9.69 Å². The van der Waals surface area contributed by atoms with Crippen LogP contribution in [0.15, 0.2) is 133 Å². The smallest absolute Gasteiger partial charge is 0.179 e. The third kappa shape index (κ3) is 6.53. The monoisotopic (exact) mass is 446 g/mol. The maximum atomic E-state index is 13.8. The zero-order valence-corrected chi connectivity index (χ0v) is 19.3. The molecule has 0 saturated heterocycles. The third-order valence-corrected chi connectivity index (χ3v) is 5.79. The Labute approximate surface area is 202 Å². The summed E-state index contributed by atoms with van der Waals surface area (Å²) in [5, 5.41) is 0. The van der Waals surface area contributed by atoms with Gasteiger partial charge in [0.05, 0.1) is 6.04 Å². The minimum absolute atomic E-state index is 0.00788. The highest BCUT2D eigenvalue weighted by Crippen LogP contribution is 2.27. The first-order chi connectivity index (χ1) is 16.7. The van der Waals surface area contributed by atoms with Crippen LogP contribution in [0.25, 0.3) is 0 Å². The standard InChI is InChI=1S/C31H30N2O/c32-29(21-25-13-5-1-6-14-25)22-30(34)31(28-19-11-4-12-20-28)33(23-26-15-7-2-8-16-26)24-27-17-9-3-10-18-27/h1-20,22,31H,21,23-24,32H2/t31-/m0/s1. The van der Waals surface area contributed by atoms with Crippen LogP contribution in [-0.4, -0.2) is 10.7 Å². The maximum absolute atomic E-state index is 13.8. The number of nitrogens with zero attached hydrogens (tertiary/aromatic N) is 1. The lowest BCUT2D eigenvalue weighted by Crippen LogP contribution is -2.33. The Bertz CT molecular complexity index is 1150. The molecule has 0 unspecified atom stereocenters. The maximum Gasteiger partial charge on any atom is 0.179 e. The van der Waals surface area contributed by atoms with Crippen LogP contribution in [0.1, 0.15) is 28.3 Å². The van der Waals surface area contributed by atoms with Crippen LogP contribution in [0.4, 0.5) is 0 Å². The topological polar surface area (TPSA) is 46.3 Å². The molecule has 170 valence electrons. The van der Waals surface area contributed by atoms with Crippen molar-refractivity contribution in [1.82, 2.24) is 4.90 Å². The summed E-state index contributed by atoms with van der Waals surface area (Å²) in [5.74, 6) is -0.00788. The minimum atomic E-state index is -0.448. The predicted molar refractivity (Wildman–Crippen MR) is 139 cm³/mol. The van der Waals surface area contributed by atoms with Crippen LogP contribution in [0.5, 0.6) is 0 Å². The van der Waals surface area contributed by atoms with Crippen LogP contribution in [0, 0.1) is 0 Å². The second-order valence-corrected chi connectivity index (χ2v) is 8.47. The fourth-order valence-electron chi connectivity index (χ4n) is 4.21. The molecule has 4 aromatic carbocycles. The highest BCUT2D eigenvalue weighted by Gasteiger charge is 2.27. The van der Waals surface area contributed by atoms with E-state index in [-0.39, 0.29) is 5.78 Å². The summed E-state index contributed by atoms with van der Waals surface area (Å²) in [6, 6.07) is 40.1. The largest absolute Gasteiger partial charge is 0.402 e. The summed E-state index contributed by atoms with van der Waals surface area (Å²) >= 11 is 0. The fourth-order valence-corrected chi connectivity index (χ4v) is 4.21. The van der Waals surface area contributed by atoms with Gasteiger partial charge in [0.15, 0.2) is 5.78 Å². The van der Waals surface area contributed by atoms with Crippen molar-refractivity contribution in [3.05, 3.63) is 155 Å². The van der Waals surface area contributed by atoms with Crippen molar-refractivity contribution >= 4 is 5.78 Å². The SMILES string of the molecule is NC(=CC(=O)[C@H](c1ccccc1)N(Cc1ccccc1)Cc1ccccc1)Cc1ccccc1. The average molecular weight is 447 g/mol. The molecule has 0 aliphatic carbocycles. The molecule has 0 fully saturated rings. The van der Waals surface area contributed by atoms with E-state index in [1.54, 1.807) is 6.08 Å². The first kappa shape index (κ1) is 23.2. The molecule has 3 heteroatoms. The van der Waals surface area contributed by atoms with E-state index in [4.69, 9.17) is 5.73 Å². The molecule has 0 bridgehead atoms. The van der Waals surface area contributed by atoms with Crippen molar-refractivity contribution in [2.75, 3.05) is 0 Å². The van der Waals surface area contributed by atoms with Crippen molar-refractivity contribution in [2.24, 2.45) is 5.73 Å². The number of hydrogen-bond acceptors (Lipinski definition) is 3. The van der Waals surface area contributed by atoms with Gasteiger partial charge in [-0.25, -0.2) is 0 Å². The summed E-state index contributed by atoms with van der Waals surface area (Å²) < 4.78 is 0. The van der Waals surface area contributed by atoms with Gasteiger partial charge in [0.25, 0.3) is 0 Å². The molecule has 34 heavy (non-hydrogen) atoms. The van der Waals surface area contributed by atoms with Crippen LogP contribution < -0.4 is 5.73 Å². The Morgan fingerprint density at radius 2 is 1.06 bits per heavy atom. The Hall–Kier alpha value is -3.95. The molecular formula is C31H30N2O. The Morgan fingerprint density at radius 1 is 0.647 bits per heavy atom. The summed E-state index contributed by atoms with van der Waals surface area (Å²) in [6.45, 7) is 1.29. The molecular weight excluding hydrogens is 416 g/mol. The molecule has 3 nitrogen and oxygen atoms in total. The molecule has 0 aliphatic rings. The molecule has 0 aliphatic heterocycles. The van der Waals surface area contributed by atoms with E-state index in [2.05, 4.69) is 29.2 Å². The molecule has 0 spiro atoms. The summed E-state index contributed by atoms with van der Waals surface area (Å²) in [5.41, 5.74) is 11.3. The van der Waals surface area contributed by atoms with Gasteiger partial charge in [-0.05, 0) is 22.3 Å². The molecule has 4 aromatic rings. The quantitative estimate of drug-likeness (QED) is 0.300. The zero-order valence-electron chi connectivity index (χ0n) is 19.3. The van der Waals surface area contributed by atoms with Crippen LogP contribution >= 0.6 is 0 Å². The van der Waals surface area contributed by atoms with Crippen molar-refractivity contribution in [3.8, 4) is 0 Å². The van der Waals surface area contributed by atoms with Crippen molar-refractivity contribution in [3.63, 3.8) is 0 Å². The lowest BCUT2D eigenvalue weighted by Gasteiger charge is -2.31. The predicted octanol–water partition coefficient (Wildman–Crippen LogP) is 6.08. The Morgan fingerprint density at radius 3 is 1.53 bits per heavy atom. The van der Waals surface area contributed by atoms with Gasteiger partial charge in [-0.1, -0.05) is 121 Å². The lowest BCUT2D eigenvalue weighted by molar-refractivity contribution is -0.120. The summed E-state index contributed by atoms with van der Waals surface area (Å²) in [7, 11) is 0. The molecule has 4 rings (SSSR count). The van der Waals surface area contributed by atoms with E-state index in [0.29, 0.717) is 25.2 Å².